The third kappa shape index (κ3) is 3.83. The molecule has 0 atom stereocenters. The molecule has 0 amide bonds. The summed E-state index contributed by atoms with van der Waals surface area (Å²) < 4.78 is 0. The van der Waals surface area contributed by atoms with Crippen molar-refractivity contribution in [1.82, 2.24) is 20.2 Å². The lowest BCUT2D eigenvalue weighted by Crippen LogP contribution is -2.47. The number of hydrogen-bond donors (Lipinski definition) is 1. The number of nitrogens with one attached hydrogen (secondary N) is 1. The van der Waals surface area contributed by atoms with Gasteiger partial charge < -0.3 is 15.1 Å². The topological polar surface area (TPSA) is 70.1 Å². The highest BCUT2D eigenvalue weighted by Gasteiger charge is 2.19. The second-order valence-corrected chi connectivity index (χ2v) is 6.37. The van der Waals surface area contributed by atoms with Gasteiger partial charge in [0.15, 0.2) is 5.82 Å². The van der Waals surface area contributed by atoms with Crippen LogP contribution in [0.25, 0.3) is 0 Å². The number of piperazine rings is 1. The summed E-state index contributed by atoms with van der Waals surface area (Å²) >= 11 is 5.91. The fraction of sp³-hybridized carbons (Fsp3) is 0.222. The van der Waals surface area contributed by atoms with Crippen LogP contribution < -0.4 is 15.1 Å². The monoisotopic (exact) mass is 367 g/mol. The van der Waals surface area contributed by atoms with Crippen molar-refractivity contribution in [3.05, 3.63) is 59.9 Å². The molecule has 0 bridgehead atoms. The largest absolute Gasteiger partial charge is 0.353 e. The standard InChI is InChI=1S/C18H18ClN7/c19-14-4-6-15(7-5-14)22-18-23-17(13-21-24-18)26-11-9-25(10-12-26)16-3-1-2-8-20-16/h1-8,13H,9-12H2,(H,22,23,24). The highest BCUT2D eigenvalue weighted by molar-refractivity contribution is 6.30. The van der Waals surface area contributed by atoms with Gasteiger partial charge in [-0.05, 0) is 36.4 Å². The molecule has 4 rings (SSSR count). The Hall–Kier alpha value is -2.93. The van der Waals surface area contributed by atoms with Gasteiger partial charge in [-0.2, -0.15) is 10.1 Å². The van der Waals surface area contributed by atoms with E-state index in [4.69, 9.17) is 11.6 Å². The van der Waals surface area contributed by atoms with E-state index in [1.807, 2.05) is 48.7 Å². The first-order valence-electron chi connectivity index (χ1n) is 8.41. The zero-order valence-corrected chi connectivity index (χ0v) is 14.8. The summed E-state index contributed by atoms with van der Waals surface area (Å²) in [6.45, 7) is 3.49. The highest BCUT2D eigenvalue weighted by atomic mass is 35.5. The maximum absolute atomic E-state index is 5.91. The maximum Gasteiger partial charge on any atom is 0.249 e. The lowest BCUT2D eigenvalue weighted by Gasteiger charge is -2.35. The predicted molar refractivity (Wildman–Crippen MR) is 103 cm³/mol. The van der Waals surface area contributed by atoms with Crippen LogP contribution in [0.5, 0.6) is 0 Å². The van der Waals surface area contributed by atoms with Crippen molar-refractivity contribution < 1.29 is 0 Å². The van der Waals surface area contributed by atoms with Gasteiger partial charge in [-0.3, -0.25) is 0 Å². The molecule has 1 N–H and O–H groups in total. The zero-order chi connectivity index (χ0) is 17.8. The molecule has 1 fully saturated rings. The number of anilines is 4. The average molecular weight is 368 g/mol. The van der Waals surface area contributed by atoms with Gasteiger partial charge >= 0.3 is 0 Å². The van der Waals surface area contributed by atoms with Crippen molar-refractivity contribution in [2.75, 3.05) is 41.3 Å². The molecule has 3 heterocycles. The van der Waals surface area contributed by atoms with Crippen molar-refractivity contribution in [2.24, 2.45) is 0 Å². The molecule has 0 unspecified atom stereocenters. The predicted octanol–water partition coefficient (Wildman–Crippen LogP) is 2.99. The Morgan fingerprint density at radius 1 is 0.885 bits per heavy atom. The molecule has 0 aliphatic carbocycles. The minimum atomic E-state index is 0.469. The molecule has 8 heteroatoms. The van der Waals surface area contributed by atoms with Gasteiger partial charge in [0.2, 0.25) is 5.95 Å². The summed E-state index contributed by atoms with van der Waals surface area (Å²) in [6.07, 6.45) is 3.52. The van der Waals surface area contributed by atoms with Crippen LogP contribution in [0.2, 0.25) is 5.02 Å². The van der Waals surface area contributed by atoms with Crippen molar-refractivity contribution in [1.29, 1.82) is 0 Å². The molecule has 3 aromatic rings. The van der Waals surface area contributed by atoms with Crippen molar-refractivity contribution >= 4 is 34.9 Å². The minimum Gasteiger partial charge on any atom is -0.353 e. The normalized spacial score (nSPS) is 14.3. The van der Waals surface area contributed by atoms with E-state index >= 15 is 0 Å². The van der Waals surface area contributed by atoms with Crippen LogP contribution in [0.3, 0.4) is 0 Å². The number of halogens is 1. The third-order valence-electron chi connectivity index (χ3n) is 4.22. The lowest BCUT2D eigenvalue weighted by atomic mass is 10.3. The van der Waals surface area contributed by atoms with Crippen LogP contribution >= 0.6 is 11.6 Å². The summed E-state index contributed by atoms with van der Waals surface area (Å²) in [5.74, 6) is 2.30. The Morgan fingerprint density at radius 2 is 1.62 bits per heavy atom. The number of nitrogens with zero attached hydrogens (tertiary/aromatic N) is 6. The molecule has 1 aliphatic rings. The summed E-state index contributed by atoms with van der Waals surface area (Å²) in [4.78, 5) is 13.5. The fourth-order valence-electron chi connectivity index (χ4n) is 2.87. The molecule has 2 aromatic heterocycles. The van der Waals surface area contributed by atoms with Crippen molar-refractivity contribution in [3.8, 4) is 0 Å². The lowest BCUT2D eigenvalue weighted by molar-refractivity contribution is 0.639. The Balaban J connectivity index is 1.42. The van der Waals surface area contributed by atoms with Gasteiger partial charge in [0, 0.05) is 43.1 Å². The molecule has 26 heavy (non-hydrogen) atoms. The molecular formula is C18H18ClN7. The van der Waals surface area contributed by atoms with E-state index in [1.165, 1.54) is 0 Å². The van der Waals surface area contributed by atoms with Crippen molar-refractivity contribution in [3.63, 3.8) is 0 Å². The quantitative estimate of drug-likeness (QED) is 0.760. The molecule has 132 valence electrons. The summed E-state index contributed by atoms with van der Waals surface area (Å²) in [6, 6.07) is 13.4. The SMILES string of the molecule is Clc1ccc(Nc2nncc(N3CCN(c4ccccn4)CC3)n2)cc1. The highest BCUT2D eigenvalue weighted by Crippen LogP contribution is 2.20. The first-order chi connectivity index (χ1) is 12.8. The Kier molecular flexibility index (Phi) is 4.79. The van der Waals surface area contributed by atoms with Crippen LogP contribution in [0.4, 0.5) is 23.3 Å². The van der Waals surface area contributed by atoms with Gasteiger partial charge in [0.25, 0.3) is 0 Å². The van der Waals surface area contributed by atoms with Crippen LogP contribution in [-0.4, -0.2) is 46.3 Å². The van der Waals surface area contributed by atoms with Crippen LogP contribution in [0.15, 0.2) is 54.9 Å². The Bertz CT molecular complexity index is 849. The van der Waals surface area contributed by atoms with Crippen molar-refractivity contribution in [2.45, 2.75) is 0 Å². The number of hydrogen-bond acceptors (Lipinski definition) is 7. The number of aromatic nitrogens is 4. The molecule has 1 aromatic carbocycles. The molecule has 7 nitrogen and oxygen atoms in total. The van der Waals surface area contributed by atoms with Gasteiger partial charge in [-0.15, -0.1) is 5.10 Å². The average Bonchev–Trinajstić information content (AvgIpc) is 2.71. The van der Waals surface area contributed by atoms with E-state index in [0.717, 1.165) is 43.5 Å². The second kappa shape index (κ2) is 7.53. The number of pyridine rings is 1. The fourth-order valence-corrected chi connectivity index (χ4v) is 2.99. The minimum absolute atomic E-state index is 0.469. The van der Waals surface area contributed by atoms with E-state index < -0.39 is 0 Å². The van der Waals surface area contributed by atoms with Gasteiger partial charge in [0.05, 0.1) is 6.20 Å². The van der Waals surface area contributed by atoms with E-state index in [-0.39, 0.29) is 0 Å². The number of rotatable bonds is 4. The smallest absolute Gasteiger partial charge is 0.249 e. The molecule has 1 saturated heterocycles. The van der Waals surface area contributed by atoms with Gasteiger partial charge in [-0.1, -0.05) is 17.7 Å². The Labute approximate surface area is 156 Å². The molecule has 1 aliphatic heterocycles. The third-order valence-corrected chi connectivity index (χ3v) is 4.48. The summed E-state index contributed by atoms with van der Waals surface area (Å²) in [5, 5.41) is 12.0. The van der Waals surface area contributed by atoms with E-state index in [2.05, 4.69) is 35.3 Å². The Morgan fingerprint density at radius 3 is 2.31 bits per heavy atom. The molecular weight excluding hydrogens is 350 g/mol. The first kappa shape index (κ1) is 16.5. The van der Waals surface area contributed by atoms with Gasteiger partial charge in [0.1, 0.15) is 5.82 Å². The van der Waals surface area contributed by atoms with E-state index in [1.54, 1.807) is 6.20 Å². The number of benzene rings is 1. The van der Waals surface area contributed by atoms with Crippen LogP contribution in [0, 0.1) is 0 Å². The van der Waals surface area contributed by atoms with E-state index in [9.17, 15) is 0 Å². The van der Waals surface area contributed by atoms with E-state index in [0.29, 0.717) is 11.0 Å². The molecule has 0 radical (unpaired) electrons. The molecule has 0 spiro atoms. The van der Waals surface area contributed by atoms with Crippen LogP contribution in [-0.2, 0) is 0 Å². The first-order valence-corrected chi connectivity index (χ1v) is 8.79. The van der Waals surface area contributed by atoms with Crippen LogP contribution in [0.1, 0.15) is 0 Å². The second-order valence-electron chi connectivity index (χ2n) is 5.93. The summed E-state index contributed by atoms with van der Waals surface area (Å²) in [7, 11) is 0. The van der Waals surface area contributed by atoms with Gasteiger partial charge in [-0.25, -0.2) is 4.98 Å². The zero-order valence-electron chi connectivity index (χ0n) is 14.1. The summed E-state index contributed by atoms with van der Waals surface area (Å²) in [5.41, 5.74) is 0.869. The molecule has 0 saturated carbocycles. The maximum atomic E-state index is 5.91.